The molecule has 56 heavy (non-hydrogen) atoms. The van der Waals surface area contributed by atoms with Crippen molar-refractivity contribution in [2.75, 3.05) is 4.90 Å². The molecular formula is C52H32N2OS. The van der Waals surface area contributed by atoms with E-state index >= 15 is 0 Å². The minimum Gasteiger partial charge on any atom is -0.455 e. The van der Waals surface area contributed by atoms with Gasteiger partial charge in [0, 0.05) is 58.7 Å². The first-order chi connectivity index (χ1) is 27.8. The zero-order chi connectivity index (χ0) is 36.7. The van der Waals surface area contributed by atoms with Crippen LogP contribution in [0, 0.1) is 0 Å². The van der Waals surface area contributed by atoms with Gasteiger partial charge < -0.3 is 13.9 Å². The average Bonchev–Trinajstić information content (AvgIpc) is 3.94. The third-order valence-corrected chi connectivity index (χ3v) is 12.5. The zero-order valence-electron chi connectivity index (χ0n) is 30.2. The quantitative estimate of drug-likeness (QED) is 0.176. The highest BCUT2D eigenvalue weighted by molar-refractivity contribution is 7.25. The fourth-order valence-electron chi connectivity index (χ4n) is 9.00. The predicted molar refractivity (Wildman–Crippen MR) is 239 cm³/mol. The van der Waals surface area contributed by atoms with Crippen molar-refractivity contribution in [3.63, 3.8) is 0 Å². The summed E-state index contributed by atoms with van der Waals surface area (Å²) in [6.45, 7) is 0. The maximum Gasteiger partial charge on any atom is 0.143 e. The lowest BCUT2D eigenvalue weighted by Crippen LogP contribution is -2.12. The fourth-order valence-corrected chi connectivity index (χ4v) is 10.1. The van der Waals surface area contributed by atoms with Crippen LogP contribution in [-0.2, 0) is 0 Å². The SMILES string of the molecule is c1cc(N(c2ccccc2-c2cccc3sc4ccccc4c23)c2cccc3oc4c5ccccc5ccc4c23)cc(-n2c3ccccc3c3ccccc32)c1. The molecule has 0 saturated heterocycles. The van der Waals surface area contributed by atoms with E-state index < -0.39 is 0 Å². The highest BCUT2D eigenvalue weighted by Gasteiger charge is 2.24. The molecule has 0 fully saturated rings. The molecule has 0 spiro atoms. The second kappa shape index (κ2) is 12.2. The van der Waals surface area contributed by atoms with Crippen molar-refractivity contribution in [3.05, 3.63) is 194 Å². The molecule has 3 nitrogen and oxygen atoms in total. The highest BCUT2D eigenvalue weighted by Crippen LogP contribution is 2.49. The van der Waals surface area contributed by atoms with Gasteiger partial charge in [0.1, 0.15) is 11.2 Å². The van der Waals surface area contributed by atoms with Gasteiger partial charge in [-0.15, -0.1) is 11.3 Å². The van der Waals surface area contributed by atoms with Gasteiger partial charge in [-0.1, -0.05) is 127 Å². The Kier molecular flexibility index (Phi) is 6.80. The molecule has 3 aromatic heterocycles. The van der Waals surface area contributed by atoms with E-state index in [1.54, 1.807) is 0 Å². The van der Waals surface area contributed by atoms with Gasteiger partial charge >= 0.3 is 0 Å². The molecule has 262 valence electrons. The van der Waals surface area contributed by atoms with E-state index in [1.807, 2.05) is 11.3 Å². The van der Waals surface area contributed by atoms with Crippen molar-refractivity contribution in [2.45, 2.75) is 0 Å². The predicted octanol–water partition coefficient (Wildman–Crippen LogP) is 15.3. The Morgan fingerprint density at radius 1 is 0.429 bits per heavy atom. The van der Waals surface area contributed by atoms with Crippen LogP contribution < -0.4 is 4.90 Å². The molecule has 12 rings (SSSR count). The first kappa shape index (κ1) is 31.2. The minimum absolute atomic E-state index is 0.862. The summed E-state index contributed by atoms with van der Waals surface area (Å²) in [4.78, 5) is 2.45. The van der Waals surface area contributed by atoms with Crippen molar-refractivity contribution in [1.29, 1.82) is 0 Å². The van der Waals surface area contributed by atoms with Crippen molar-refractivity contribution < 1.29 is 4.42 Å². The number of hydrogen-bond donors (Lipinski definition) is 0. The number of benzene rings is 9. The number of furan rings is 1. The maximum atomic E-state index is 6.79. The first-order valence-corrected chi connectivity index (χ1v) is 19.8. The summed E-state index contributed by atoms with van der Waals surface area (Å²) < 4.78 is 11.8. The van der Waals surface area contributed by atoms with E-state index in [0.29, 0.717) is 0 Å². The zero-order valence-corrected chi connectivity index (χ0v) is 31.0. The number of nitrogens with zero attached hydrogens (tertiary/aromatic N) is 2. The van der Waals surface area contributed by atoms with Crippen molar-refractivity contribution in [3.8, 4) is 16.8 Å². The summed E-state index contributed by atoms with van der Waals surface area (Å²) in [5.41, 5.74) is 10.8. The van der Waals surface area contributed by atoms with Crippen molar-refractivity contribution in [2.24, 2.45) is 0 Å². The Morgan fingerprint density at radius 3 is 1.93 bits per heavy atom. The molecule has 0 N–H and O–H groups in total. The van der Waals surface area contributed by atoms with Gasteiger partial charge in [-0.2, -0.15) is 0 Å². The summed E-state index contributed by atoms with van der Waals surface area (Å²) in [7, 11) is 0. The normalized spacial score (nSPS) is 11.9. The summed E-state index contributed by atoms with van der Waals surface area (Å²) in [5.74, 6) is 0. The first-order valence-electron chi connectivity index (χ1n) is 19.0. The standard InChI is InChI=1S/C52H32N2OS/c1-2-17-36-33(14-1)30-31-42-51-46(26-13-27-47(51)55-52(36)42)54(35-16-11-15-34(32-35)53-43-23-7-3-18-37(43)38-19-4-8-24-44(38)53)45-25-9-5-20-39(45)40-22-12-29-49-50(40)41-21-6-10-28-48(41)56-49/h1-32H. The van der Waals surface area contributed by atoms with Gasteiger partial charge in [0.2, 0.25) is 0 Å². The maximum absolute atomic E-state index is 6.79. The van der Waals surface area contributed by atoms with Crippen LogP contribution in [-0.4, -0.2) is 4.57 Å². The third-order valence-electron chi connectivity index (χ3n) is 11.4. The molecule has 0 amide bonds. The Morgan fingerprint density at radius 2 is 1.07 bits per heavy atom. The highest BCUT2D eigenvalue weighted by atomic mass is 32.1. The molecule has 0 bridgehead atoms. The molecule has 12 aromatic rings. The molecule has 4 heteroatoms. The molecule has 0 aliphatic rings. The van der Waals surface area contributed by atoms with Crippen molar-refractivity contribution >= 4 is 103 Å². The number of rotatable bonds is 5. The number of para-hydroxylation sites is 3. The summed E-state index contributed by atoms with van der Waals surface area (Å²) in [6, 6.07) is 70.2. The van der Waals surface area contributed by atoms with Crippen LogP contribution in [0.5, 0.6) is 0 Å². The fraction of sp³-hybridized carbons (Fsp3) is 0. The lowest BCUT2D eigenvalue weighted by Gasteiger charge is -2.29. The van der Waals surface area contributed by atoms with Gasteiger partial charge in [0.15, 0.2) is 0 Å². The van der Waals surface area contributed by atoms with Crippen LogP contribution in [0.25, 0.3) is 91.5 Å². The van der Waals surface area contributed by atoms with E-state index in [9.17, 15) is 0 Å². The molecule has 0 aliphatic heterocycles. The van der Waals surface area contributed by atoms with Gasteiger partial charge in [-0.3, -0.25) is 0 Å². The Hall–Kier alpha value is -7.14. The number of thiophene rings is 1. The third kappa shape index (κ3) is 4.57. The van der Waals surface area contributed by atoms with Crippen LogP contribution in [0.4, 0.5) is 17.1 Å². The molecule has 0 radical (unpaired) electrons. The van der Waals surface area contributed by atoms with Gasteiger partial charge in [-0.25, -0.2) is 0 Å². The Labute approximate surface area is 326 Å². The number of fused-ring (bicyclic) bond motifs is 11. The second-order valence-electron chi connectivity index (χ2n) is 14.4. The molecular weight excluding hydrogens is 701 g/mol. The Balaban J connectivity index is 1.17. The van der Waals surface area contributed by atoms with Crippen molar-refractivity contribution in [1.82, 2.24) is 4.57 Å². The van der Waals surface area contributed by atoms with E-state index in [-0.39, 0.29) is 0 Å². The van der Waals surface area contributed by atoms with E-state index in [0.717, 1.165) is 55.5 Å². The smallest absolute Gasteiger partial charge is 0.143 e. The van der Waals surface area contributed by atoms with Crippen LogP contribution in [0.15, 0.2) is 199 Å². The molecule has 0 aliphatic carbocycles. The van der Waals surface area contributed by atoms with Crippen LogP contribution in [0.3, 0.4) is 0 Å². The largest absolute Gasteiger partial charge is 0.455 e. The lowest BCUT2D eigenvalue weighted by atomic mass is 9.96. The van der Waals surface area contributed by atoms with Gasteiger partial charge in [0.05, 0.1) is 27.8 Å². The van der Waals surface area contributed by atoms with Crippen LogP contribution >= 0.6 is 11.3 Å². The van der Waals surface area contributed by atoms with Gasteiger partial charge in [-0.05, 0) is 77.7 Å². The molecule has 0 unspecified atom stereocenters. The monoisotopic (exact) mass is 732 g/mol. The Bertz CT molecular complexity index is 3460. The van der Waals surface area contributed by atoms with E-state index in [1.165, 1.54) is 53.1 Å². The summed E-state index contributed by atoms with van der Waals surface area (Å²) in [5, 5.41) is 9.53. The molecule has 0 saturated carbocycles. The molecule has 3 heterocycles. The molecule has 9 aromatic carbocycles. The lowest BCUT2D eigenvalue weighted by molar-refractivity contribution is 0.672. The van der Waals surface area contributed by atoms with E-state index in [4.69, 9.17) is 4.42 Å². The van der Waals surface area contributed by atoms with Crippen LogP contribution in [0.2, 0.25) is 0 Å². The number of anilines is 3. The van der Waals surface area contributed by atoms with E-state index in [2.05, 4.69) is 204 Å². The summed E-state index contributed by atoms with van der Waals surface area (Å²) >= 11 is 1.86. The molecule has 0 atom stereocenters. The average molecular weight is 733 g/mol. The number of hydrogen-bond acceptors (Lipinski definition) is 3. The summed E-state index contributed by atoms with van der Waals surface area (Å²) in [6.07, 6.45) is 0. The second-order valence-corrected chi connectivity index (χ2v) is 15.5. The minimum atomic E-state index is 0.862. The van der Waals surface area contributed by atoms with Gasteiger partial charge in [0.25, 0.3) is 0 Å². The topological polar surface area (TPSA) is 21.3 Å². The number of aromatic nitrogens is 1. The van der Waals surface area contributed by atoms with Crippen LogP contribution in [0.1, 0.15) is 0 Å².